The Morgan fingerprint density at radius 2 is 2.24 bits per heavy atom. The Bertz CT molecular complexity index is 447. The molecular weight excluding hydrogens is 236 g/mol. The largest absolute Gasteiger partial charge is 0.330 e. The number of benzene rings is 1. The third-order valence-corrected chi connectivity index (χ3v) is 3.75. The Hall–Kier alpha value is -1.06. The summed E-state index contributed by atoms with van der Waals surface area (Å²) < 4.78 is 0. The fourth-order valence-corrected chi connectivity index (χ4v) is 2.68. The van der Waals surface area contributed by atoms with E-state index in [4.69, 9.17) is 17.3 Å². The van der Waals surface area contributed by atoms with Crippen molar-refractivity contribution in [1.29, 1.82) is 0 Å². The molecule has 2 rings (SSSR count). The normalized spacial score (nSPS) is 24.5. The Kier molecular flexibility index (Phi) is 3.40. The third-order valence-electron chi connectivity index (χ3n) is 3.52. The first kappa shape index (κ1) is 12.4. The number of aryl methyl sites for hydroxylation is 1. The van der Waals surface area contributed by atoms with E-state index in [9.17, 15) is 4.79 Å². The monoisotopic (exact) mass is 252 g/mol. The van der Waals surface area contributed by atoms with Crippen LogP contribution >= 0.6 is 11.6 Å². The number of halogens is 1. The highest BCUT2D eigenvalue weighted by atomic mass is 35.5. The van der Waals surface area contributed by atoms with Gasteiger partial charge in [-0.2, -0.15) is 0 Å². The van der Waals surface area contributed by atoms with Gasteiger partial charge in [-0.05, 0) is 44.2 Å². The maximum absolute atomic E-state index is 12.0. The molecule has 1 saturated heterocycles. The summed E-state index contributed by atoms with van der Waals surface area (Å²) in [5, 5.41) is 0.695. The third kappa shape index (κ3) is 2.17. The van der Waals surface area contributed by atoms with Crippen LogP contribution in [-0.2, 0) is 4.79 Å². The summed E-state index contributed by atoms with van der Waals surface area (Å²) in [7, 11) is 0. The van der Waals surface area contributed by atoms with Crippen LogP contribution in [0, 0.1) is 12.8 Å². The number of nitrogens with two attached hydrogens (primary N) is 1. The van der Waals surface area contributed by atoms with Crippen LogP contribution in [0.25, 0.3) is 0 Å². The minimum absolute atomic E-state index is 0.151. The summed E-state index contributed by atoms with van der Waals surface area (Å²) in [6, 6.07) is 5.77. The van der Waals surface area contributed by atoms with Crippen LogP contribution in [0.15, 0.2) is 18.2 Å². The molecule has 2 N–H and O–H groups in total. The molecule has 2 unspecified atom stereocenters. The van der Waals surface area contributed by atoms with Crippen LogP contribution in [-0.4, -0.2) is 18.5 Å². The summed E-state index contributed by atoms with van der Waals surface area (Å²) in [6.45, 7) is 4.57. The van der Waals surface area contributed by atoms with Gasteiger partial charge in [-0.1, -0.05) is 11.6 Å². The van der Waals surface area contributed by atoms with Gasteiger partial charge in [0.15, 0.2) is 0 Å². The van der Waals surface area contributed by atoms with Gasteiger partial charge in [0.1, 0.15) is 0 Å². The predicted molar refractivity (Wildman–Crippen MR) is 70.3 cm³/mol. The molecule has 2 atom stereocenters. The molecule has 1 aromatic carbocycles. The van der Waals surface area contributed by atoms with Crippen LogP contribution in [0.5, 0.6) is 0 Å². The lowest BCUT2D eigenvalue weighted by Crippen LogP contribution is -2.35. The molecule has 17 heavy (non-hydrogen) atoms. The zero-order valence-corrected chi connectivity index (χ0v) is 10.9. The molecule has 1 heterocycles. The number of carbonyl (C=O) groups is 1. The van der Waals surface area contributed by atoms with Crippen molar-refractivity contribution in [2.75, 3.05) is 11.4 Å². The van der Waals surface area contributed by atoms with Crippen LogP contribution in [0.2, 0.25) is 5.02 Å². The maximum atomic E-state index is 12.0. The van der Waals surface area contributed by atoms with E-state index in [1.54, 1.807) is 0 Å². The molecule has 92 valence electrons. The average molecular weight is 253 g/mol. The topological polar surface area (TPSA) is 46.3 Å². The van der Waals surface area contributed by atoms with Crippen molar-refractivity contribution in [2.24, 2.45) is 11.7 Å². The first-order valence-electron chi connectivity index (χ1n) is 5.83. The minimum atomic E-state index is 0.151. The second-order valence-electron chi connectivity index (χ2n) is 4.64. The summed E-state index contributed by atoms with van der Waals surface area (Å²) in [5.41, 5.74) is 7.66. The molecule has 0 saturated carbocycles. The molecule has 0 aliphatic carbocycles. The highest BCUT2D eigenvalue weighted by Gasteiger charge is 2.37. The van der Waals surface area contributed by atoms with Crippen molar-refractivity contribution in [1.82, 2.24) is 0 Å². The number of rotatable bonds is 2. The van der Waals surface area contributed by atoms with E-state index in [1.165, 1.54) is 0 Å². The van der Waals surface area contributed by atoms with Gasteiger partial charge in [0.05, 0.1) is 0 Å². The van der Waals surface area contributed by atoms with Crippen LogP contribution in [0.1, 0.15) is 18.9 Å². The van der Waals surface area contributed by atoms with Crippen LogP contribution < -0.4 is 10.6 Å². The highest BCUT2D eigenvalue weighted by molar-refractivity contribution is 6.30. The lowest BCUT2D eigenvalue weighted by molar-refractivity contribution is -0.117. The van der Waals surface area contributed by atoms with E-state index in [0.717, 1.165) is 11.3 Å². The predicted octanol–water partition coefficient (Wildman–Crippen LogP) is 2.35. The van der Waals surface area contributed by atoms with E-state index < -0.39 is 0 Å². The van der Waals surface area contributed by atoms with Gasteiger partial charge >= 0.3 is 0 Å². The molecule has 0 radical (unpaired) electrons. The van der Waals surface area contributed by atoms with E-state index in [0.29, 0.717) is 18.0 Å². The van der Waals surface area contributed by atoms with Crippen molar-refractivity contribution in [3.05, 3.63) is 28.8 Å². The lowest BCUT2D eigenvalue weighted by atomic mass is 10.0. The molecule has 3 nitrogen and oxygen atoms in total. The summed E-state index contributed by atoms with van der Waals surface area (Å²) in [4.78, 5) is 13.9. The fraction of sp³-hybridized carbons (Fsp3) is 0.462. The standard InChI is InChI=1S/C13H17ClN2O/c1-8-5-11(14)3-4-12(8)16-9(2)10(7-15)6-13(16)17/h3-5,9-10H,6-7,15H2,1-2H3. The average Bonchev–Trinajstić information content (AvgIpc) is 2.55. The van der Waals surface area contributed by atoms with Gasteiger partial charge < -0.3 is 10.6 Å². The molecule has 1 fully saturated rings. The van der Waals surface area contributed by atoms with Gasteiger partial charge in [0, 0.05) is 29.1 Å². The second kappa shape index (κ2) is 4.67. The lowest BCUT2D eigenvalue weighted by Gasteiger charge is -2.26. The molecule has 0 bridgehead atoms. The number of nitrogens with zero attached hydrogens (tertiary/aromatic N) is 1. The molecule has 1 aromatic rings. The zero-order chi connectivity index (χ0) is 12.6. The first-order valence-corrected chi connectivity index (χ1v) is 6.20. The number of anilines is 1. The van der Waals surface area contributed by atoms with Crippen molar-refractivity contribution >= 4 is 23.2 Å². The van der Waals surface area contributed by atoms with Gasteiger partial charge in [-0.15, -0.1) is 0 Å². The number of hydrogen-bond donors (Lipinski definition) is 1. The summed E-state index contributed by atoms with van der Waals surface area (Å²) >= 11 is 5.93. The minimum Gasteiger partial charge on any atom is -0.330 e. The highest BCUT2D eigenvalue weighted by Crippen LogP contribution is 2.33. The van der Waals surface area contributed by atoms with Gasteiger partial charge in [0.2, 0.25) is 5.91 Å². The first-order chi connectivity index (χ1) is 8.04. The number of carbonyl (C=O) groups excluding carboxylic acids is 1. The van der Waals surface area contributed by atoms with Crippen molar-refractivity contribution in [3.8, 4) is 0 Å². The van der Waals surface area contributed by atoms with Crippen molar-refractivity contribution in [3.63, 3.8) is 0 Å². The summed E-state index contributed by atoms with van der Waals surface area (Å²) in [6.07, 6.45) is 0.541. The van der Waals surface area contributed by atoms with E-state index >= 15 is 0 Å². The van der Waals surface area contributed by atoms with E-state index in [-0.39, 0.29) is 17.9 Å². The summed E-state index contributed by atoms with van der Waals surface area (Å²) in [5.74, 6) is 0.399. The number of amides is 1. The SMILES string of the molecule is Cc1cc(Cl)ccc1N1C(=O)CC(CN)C1C. The molecule has 1 aliphatic rings. The molecule has 1 aliphatic heterocycles. The molecule has 0 spiro atoms. The fourth-order valence-electron chi connectivity index (χ4n) is 2.45. The molecule has 4 heteroatoms. The quantitative estimate of drug-likeness (QED) is 0.878. The second-order valence-corrected chi connectivity index (χ2v) is 5.07. The Balaban J connectivity index is 2.36. The zero-order valence-electron chi connectivity index (χ0n) is 10.1. The van der Waals surface area contributed by atoms with Gasteiger partial charge in [-0.25, -0.2) is 0 Å². The molecular formula is C13H17ClN2O. The Labute approximate surface area is 107 Å². The van der Waals surface area contributed by atoms with Crippen LogP contribution in [0.3, 0.4) is 0 Å². The van der Waals surface area contributed by atoms with Crippen molar-refractivity contribution in [2.45, 2.75) is 26.3 Å². The molecule has 0 aromatic heterocycles. The Morgan fingerprint density at radius 3 is 2.76 bits per heavy atom. The maximum Gasteiger partial charge on any atom is 0.227 e. The molecule has 1 amide bonds. The Morgan fingerprint density at radius 1 is 1.53 bits per heavy atom. The van der Waals surface area contributed by atoms with E-state index in [2.05, 4.69) is 6.92 Å². The van der Waals surface area contributed by atoms with Gasteiger partial charge in [-0.3, -0.25) is 4.79 Å². The van der Waals surface area contributed by atoms with E-state index in [1.807, 2.05) is 30.0 Å². The van der Waals surface area contributed by atoms with Gasteiger partial charge in [0.25, 0.3) is 0 Å². The van der Waals surface area contributed by atoms with Crippen LogP contribution in [0.4, 0.5) is 5.69 Å². The smallest absolute Gasteiger partial charge is 0.227 e. The van der Waals surface area contributed by atoms with Crippen molar-refractivity contribution < 1.29 is 4.79 Å². The number of hydrogen-bond acceptors (Lipinski definition) is 2.